The predicted octanol–water partition coefficient (Wildman–Crippen LogP) is 4.47. The van der Waals surface area contributed by atoms with E-state index < -0.39 is 0 Å². The van der Waals surface area contributed by atoms with E-state index in [1.807, 2.05) is 41.0 Å². The Labute approximate surface area is 210 Å². The molecule has 2 aromatic carbocycles. The van der Waals surface area contributed by atoms with Crippen molar-refractivity contribution in [1.29, 1.82) is 0 Å². The highest BCUT2D eigenvalue weighted by atomic mass is 16.5. The highest BCUT2D eigenvalue weighted by Gasteiger charge is 2.35. The Kier molecular flexibility index (Phi) is 5.76. The van der Waals surface area contributed by atoms with Crippen LogP contribution in [0.2, 0.25) is 0 Å². The zero-order valence-electron chi connectivity index (χ0n) is 20.8. The predicted molar refractivity (Wildman–Crippen MR) is 141 cm³/mol. The van der Waals surface area contributed by atoms with Gasteiger partial charge in [-0.1, -0.05) is 36.4 Å². The van der Waals surface area contributed by atoms with Gasteiger partial charge in [0.1, 0.15) is 5.75 Å². The van der Waals surface area contributed by atoms with Crippen LogP contribution in [-0.2, 0) is 13.1 Å². The Balaban J connectivity index is 1.32. The van der Waals surface area contributed by atoms with Gasteiger partial charge in [0.05, 0.1) is 13.7 Å². The first kappa shape index (κ1) is 22.8. The highest BCUT2D eigenvalue weighted by molar-refractivity contribution is 6.10. The largest absolute Gasteiger partial charge is 0.497 e. The smallest absolute Gasteiger partial charge is 0.250 e. The molecular formula is C30H31N3O3. The molecule has 6 rings (SSSR count). The summed E-state index contributed by atoms with van der Waals surface area (Å²) in [5, 5.41) is 0.946. The van der Waals surface area contributed by atoms with Crippen molar-refractivity contribution in [2.45, 2.75) is 32.4 Å². The van der Waals surface area contributed by atoms with Crippen LogP contribution in [0.4, 0.5) is 0 Å². The van der Waals surface area contributed by atoms with Gasteiger partial charge in [-0.3, -0.25) is 14.5 Å². The average Bonchev–Trinajstić information content (AvgIpc) is 3.15. The highest BCUT2D eigenvalue weighted by Crippen LogP contribution is 2.36. The number of likely N-dealkylation sites (tertiary alicyclic amines) is 1. The molecule has 4 heterocycles. The van der Waals surface area contributed by atoms with Gasteiger partial charge < -0.3 is 13.9 Å². The first-order valence-electron chi connectivity index (χ1n) is 12.7. The molecule has 0 aliphatic carbocycles. The van der Waals surface area contributed by atoms with Crippen molar-refractivity contribution in [3.63, 3.8) is 0 Å². The number of pyridine rings is 1. The first-order chi connectivity index (χ1) is 17.5. The number of rotatable bonds is 6. The van der Waals surface area contributed by atoms with Crippen LogP contribution in [0.1, 0.15) is 39.6 Å². The lowest BCUT2D eigenvalue weighted by Gasteiger charge is -2.42. The minimum absolute atomic E-state index is 0.0857. The van der Waals surface area contributed by atoms with Crippen LogP contribution in [0.15, 0.2) is 71.5 Å². The molecule has 0 spiro atoms. The number of Topliss-reactive ketones (excluding diaryl/α,β-unsaturated/α-hetero) is 1. The van der Waals surface area contributed by atoms with E-state index in [1.165, 1.54) is 5.56 Å². The minimum Gasteiger partial charge on any atom is -0.497 e. The van der Waals surface area contributed by atoms with Crippen LogP contribution in [0.25, 0.3) is 10.9 Å². The van der Waals surface area contributed by atoms with E-state index in [2.05, 4.69) is 40.7 Å². The van der Waals surface area contributed by atoms with Gasteiger partial charge in [-0.25, -0.2) is 0 Å². The monoisotopic (exact) mass is 481 g/mol. The van der Waals surface area contributed by atoms with E-state index in [0.717, 1.165) is 59.7 Å². The van der Waals surface area contributed by atoms with Gasteiger partial charge in [0.15, 0.2) is 5.78 Å². The molecule has 4 aromatic rings. The molecule has 184 valence electrons. The van der Waals surface area contributed by atoms with Gasteiger partial charge in [-0.05, 0) is 49.1 Å². The van der Waals surface area contributed by atoms with Crippen molar-refractivity contribution in [2.24, 2.45) is 5.92 Å². The SMILES string of the molecule is COc1ccc2c(c1)c(C(=O)CN1C[C@H]3C[C@@H](C1)c1cccc(=O)n1C3)c(C)n2Cc1ccccc1. The molecule has 2 aliphatic heterocycles. The van der Waals surface area contributed by atoms with Crippen molar-refractivity contribution in [1.82, 2.24) is 14.0 Å². The van der Waals surface area contributed by atoms with Crippen LogP contribution < -0.4 is 10.3 Å². The lowest BCUT2D eigenvalue weighted by molar-refractivity contribution is 0.0818. The van der Waals surface area contributed by atoms with Gasteiger partial charge >= 0.3 is 0 Å². The number of aromatic nitrogens is 2. The summed E-state index contributed by atoms with van der Waals surface area (Å²) in [6.07, 6.45) is 1.08. The third kappa shape index (κ3) is 3.95. The van der Waals surface area contributed by atoms with Crippen molar-refractivity contribution >= 4 is 16.7 Å². The Morgan fingerprint density at radius 3 is 2.64 bits per heavy atom. The number of hydrogen-bond acceptors (Lipinski definition) is 4. The number of carbonyl (C=O) groups is 1. The van der Waals surface area contributed by atoms with Crippen LogP contribution in [0.5, 0.6) is 5.75 Å². The van der Waals surface area contributed by atoms with Crippen molar-refractivity contribution in [3.05, 3.63) is 99.6 Å². The van der Waals surface area contributed by atoms with Crippen LogP contribution in [0.3, 0.4) is 0 Å². The average molecular weight is 482 g/mol. The van der Waals surface area contributed by atoms with Crippen LogP contribution in [0, 0.1) is 12.8 Å². The normalized spacial score (nSPS) is 19.3. The summed E-state index contributed by atoms with van der Waals surface area (Å²) in [5.41, 5.74) is 5.21. The van der Waals surface area contributed by atoms with Crippen molar-refractivity contribution in [3.8, 4) is 5.75 Å². The minimum atomic E-state index is 0.0857. The fourth-order valence-corrected chi connectivity index (χ4v) is 6.32. The number of hydrogen-bond donors (Lipinski definition) is 0. The lowest BCUT2D eigenvalue weighted by Crippen LogP contribution is -2.48. The second-order valence-corrected chi connectivity index (χ2v) is 10.2. The number of fused-ring (bicyclic) bond motifs is 5. The Morgan fingerprint density at radius 1 is 1.00 bits per heavy atom. The molecule has 0 saturated carbocycles. The standard InChI is InChI=1S/C30H31N3O3/c1-20-30(25-14-24(36-2)11-12-27(25)32(20)16-21-7-4-3-5-8-21)28(34)19-31-15-22-13-23(18-31)26-9-6-10-29(35)33(26)17-22/h3-12,14,22-23H,13,15-19H2,1-2H3/t22-,23+/m1/s1. The molecule has 36 heavy (non-hydrogen) atoms. The zero-order valence-corrected chi connectivity index (χ0v) is 20.8. The summed E-state index contributed by atoms with van der Waals surface area (Å²) in [6.45, 7) is 5.53. The van der Waals surface area contributed by atoms with Gasteiger partial charge in [0.25, 0.3) is 5.56 Å². The molecule has 2 bridgehead atoms. The van der Waals surface area contributed by atoms with Gasteiger partial charge in [-0.15, -0.1) is 0 Å². The van der Waals surface area contributed by atoms with Crippen LogP contribution in [-0.4, -0.2) is 46.6 Å². The summed E-state index contributed by atoms with van der Waals surface area (Å²) >= 11 is 0. The molecule has 1 saturated heterocycles. The summed E-state index contributed by atoms with van der Waals surface area (Å²) in [6, 6.07) is 21.9. The maximum Gasteiger partial charge on any atom is 0.250 e. The zero-order chi connectivity index (χ0) is 24.8. The van der Waals surface area contributed by atoms with E-state index in [0.29, 0.717) is 24.9 Å². The maximum absolute atomic E-state index is 13.9. The molecule has 6 nitrogen and oxygen atoms in total. The maximum atomic E-state index is 13.9. The number of ketones is 1. The number of ether oxygens (including phenoxy) is 1. The summed E-state index contributed by atoms with van der Waals surface area (Å²) in [4.78, 5) is 28.5. The third-order valence-electron chi connectivity index (χ3n) is 7.92. The summed E-state index contributed by atoms with van der Waals surface area (Å²) < 4.78 is 9.69. The van der Waals surface area contributed by atoms with Gasteiger partial charge in [-0.2, -0.15) is 0 Å². The number of nitrogens with zero attached hydrogens (tertiary/aromatic N) is 3. The van der Waals surface area contributed by atoms with E-state index in [4.69, 9.17) is 4.74 Å². The molecule has 0 radical (unpaired) electrons. The summed E-state index contributed by atoms with van der Waals surface area (Å²) in [5.74, 6) is 1.58. The first-order valence-corrected chi connectivity index (χ1v) is 12.7. The van der Waals surface area contributed by atoms with E-state index in [-0.39, 0.29) is 11.3 Å². The molecule has 2 aromatic heterocycles. The molecule has 0 N–H and O–H groups in total. The molecule has 0 amide bonds. The van der Waals surface area contributed by atoms with Crippen LogP contribution >= 0.6 is 0 Å². The topological polar surface area (TPSA) is 56.5 Å². The Bertz CT molecular complexity index is 1500. The second-order valence-electron chi connectivity index (χ2n) is 10.2. The van der Waals surface area contributed by atoms with Crippen molar-refractivity contribution < 1.29 is 9.53 Å². The fraction of sp³-hybridized carbons (Fsp3) is 0.333. The number of piperidine rings is 1. The Morgan fingerprint density at radius 2 is 1.83 bits per heavy atom. The molecular weight excluding hydrogens is 450 g/mol. The fourth-order valence-electron chi connectivity index (χ4n) is 6.32. The molecule has 2 atom stereocenters. The molecule has 2 aliphatic rings. The second kappa shape index (κ2) is 9.10. The molecule has 1 fully saturated rings. The number of benzene rings is 2. The Hall–Kier alpha value is -3.64. The molecule has 0 unspecified atom stereocenters. The van der Waals surface area contributed by atoms with E-state index >= 15 is 0 Å². The number of methoxy groups -OCH3 is 1. The van der Waals surface area contributed by atoms with E-state index in [9.17, 15) is 9.59 Å². The quantitative estimate of drug-likeness (QED) is 0.382. The summed E-state index contributed by atoms with van der Waals surface area (Å²) in [7, 11) is 1.66. The van der Waals surface area contributed by atoms with Crippen molar-refractivity contribution in [2.75, 3.05) is 26.7 Å². The van der Waals surface area contributed by atoms with Gasteiger partial charge in [0.2, 0.25) is 0 Å². The lowest BCUT2D eigenvalue weighted by atomic mass is 9.83. The molecule has 6 heteroatoms. The van der Waals surface area contributed by atoms with Gasteiger partial charge in [0, 0.05) is 66.0 Å². The van der Waals surface area contributed by atoms with E-state index in [1.54, 1.807) is 13.2 Å². The number of carbonyl (C=O) groups excluding carboxylic acids is 1. The third-order valence-corrected chi connectivity index (χ3v) is 7.92.